The maximum absolute atomic E-state index is 13.4. The summed E-state index contributed by atoms with van der Waals surface area (Å²) in [6, 6.07) is 6.41. The van der Waals surface area contributed by atoms with E-state index in [2.05, 4.69) is 5.32 Å². The fourth-order valence-electron chi connectivity index (χ4n) is 1.73. The van der Waals surface area contributed by atoms with Gasteiger partial charge in [0.2, 0.25) is 5.91 Å². The maximum atomic E-state index is 13.4. The number of hydrogen-bond acceptors (Lipinski definition) is 2. The van der Waals surface area contributed by atoms with Crippen molar-refractivity contribution in [2.45, 2.75) is 0 Å². The minimum absolute atomic E-state index is 0.170. The summed E-state index contributed by atoms with van der Waals surface area (Å²) >= 11 is 0. The largest absolute Gasteiger partial charge is 0.343 e. The minimum Gasteiger partial charge on any atom is -0.343 e. The molecule has 2 aromatic rings. The molecular weight excluding hydrogens is 316 g/mol. The Kier molecular flexibility index (Phi) is 4.95. The van der Waals surface area contributed by atoms with Gasteiger partial charge in [-0.05, 0) is 30.3 Å². The number of carbonyl (C=O) groups excluding carboxylic acids is 2. The van der Waals surface area contributed by atoms with E-state index < -0.39 is 47.2 Å². The molecule has 0 unspecified atom stereocenters. The van der Waals surface area contributed by atoms with Crippen molar-refractivity contribution in [3.8, 4) is 0 Å². The number of rotatable bonds is 4. The molecule has 0 radical (unpaired) electrons. The molecule has 0 aromatic heterocycles. The van der Waals surface area contributed by atoms with Gasteiger partial charge >= 0.3 is 0 Å². The summed E-state index contributed by atoms with van der Waals surface area (Å²) < 4.78 is 52.2. The fourth-order valence-corrected chi connectivity index (χ4v) is 1.73. The SMILES string of the molecule is O=C(CNC(=O)c1ccc(F)c(F)c1F)Nc1cccc(F)c1. The number of hydrogen-bond donors (Lipinski definition) is 2. The molecule has 0 saturated carbocycles. The molecule has 2 N–H and O–H groups in total. The zero-order chi connectivity index (χ0) is 17.0. The van der Waals surface area contributed by atoms with Crippen LogP contribution in [0.25, 0.3) is 0 Å². The summed E-state index contributed by atoms with van der Waals surface area (Å²) in [6.45, 7) is -0.562. The van der Waals surface area contributed by atoms with Gasteiger partial charge in [0, 0.05) is 5.69 Å². The van der Waals surface area contributed by atoms with E-state index in [1.54, 1.807) is 0 Å². The molecule has 0 saturated heterocycles. The van der Waals surface area contributed by atoms with Crippen LogP contribution in [0.1, 0.15) is 10.4 Å². The highest BCUT2D eigenvalue weighted by atomic mass is 19.2. The quantitative estimate of drug-likeness (QED) is 0.670. The highest BCUT2D eigenvalue weighted by molar-refractivity contribution is 5.99. The number of amides is 2. The smallest absolute Gasteiger partial charge is 0.254 e. The summed E-state index contributed by atoms with van der Waals surface area (Å²) in [4.78, 5) is 23.2. The van der Waals surface area contributed by atoms with Gasteiger partial charge < -0.3 is 10.6 Å². The van der Waals surface area contributed by atoms with E-state index in [-0.39, 0.29) is 5.69 Å². The van der Waals surface area contributed by atoms with Gasteiger partial charge in [-0.15, -0.1) is 0 Å². The Morgan fingerprint density at radius 1 is 0.957 bits per heavy atom. The summed E-state index contributed by atoms with van der Waals surface area (Å²) in [5.41, 5.74) is -0.564. The van der Waals surface area contributed by atoms with Gasteiger partial charge in [-0.25, -0.2) is 17.6 Å². The molecule has 2 amide bonds. The van der Waals surface area contributed by atoms with Crippen LogP contribution in [0.5, 0.6) is 0 Å². The lowest BCUT2D eigenvalue weighted by molar-refractivity contribution is -0.115. The molecule has 0 spiro atoms. The Balaban J connectivity index is 1.96. The number of halogens is 4. The topological polar surface area (TPSA) is 58.2 Å². The Hall–Kier alpha value is -2.90. The first kappa shape index (κ1) is 16.5. The zero-order valence-corrected chi connectivity index (χ0v) is 11.5. The van der Waals surface area contributed by atoms with Gasteiger partial charge in [0.05, 0.1) is 12.1 Å². The summed E-state index contributed by atoms with van der Waals surface area (Å²) in [7, 11) is 0. The average Bonchev–Trinajstić information content (AvgIpc) is 2.50. The van der Waals surface area contributed by atoms with Crippen molar-refractivity contribution in [1.82, 2.24) is 5.32 Å². The predicted molar refractivity (Wildman–Crippen MR) is 73.7 cm³/mol. The van der Waals surface area contributed by atoms with Crippen molar-refractivity contribution in [2.24, 2.45) is 0 Å². The molecule has 0 aliphatic carbocycles. The summed E-state index contributed by atoms with van der Waals surface area (Å²) in [5, 5.41) is 4.35. The fraction of sp³-hybridized carbons (Fsp3) is 0.0667. The Bertz CT molecular complexity index is 765. The van der Waals surface area contributed by atoms with Crippen LogP contribution in [0.4, 0.5) is 23.2 Å². The average molecular weight is 326 g/mol. The van der Waals surface area contributed by atoms with E-state index >= 15 is 0 Å². The molecule has 0 bridgehead atoms. The van der Waals surface area contributed by atoms with Crippen molar-refractivity contribution >= 4 is 17.5 Å². The third-order valence-corrected chi connectivity index (χ3v) is 2.80. The first-order valence-corrected chi connectivity index (χ1v) is 6.35. The molecule has 0 atom stereocenters. The molecule has 0 aliphatic rings. The van der Waals surface area contributed by atoms with Crippen LogP contribution in [0.15, 0.2) is 36.4 Å². The number of anilines is 1. The van der Waals surface area contributed by atoms with Gasteiger partial charge in [0.1, 0.15) is 5.82 Å². The first-order chi connectivity index (χ1) is 10.9. The second kappa shape index (κ2) is 6.91. The van der Waals surface area contributed by atoms with Crippen LogP contribution in [-0.2, 0) is 4.79 Å². The molecule has 0 fully saturated rings. The van der Waals surface area contributed by atoms with Crippen LogP contribution >= 0.6 is 0 Å². The second-order valence-corrected chi connectivity index (χ2v) is 4.46. The van der Waals surface area contributed by atoms with E-state index in [9.17, 15) is 27.2 Å². The molecule has 2 aromatic carbocycles. The molecular formula is C15H10F4N2O2. The highest BCUT2D eigenvalue weighted by Gasteiger charge is 2.19. The van der Waals surface area contributed by atoms with Crippen LogP contribution in [0.2, 0.25) is 0 Å². The zero-order valence-electron chi connectivity index (χ0n) is 11.5. The van der Waals surface area contributed by atoms with Crippen molar-refractivity contribution in [3.63, 3.8) is 0 Å². The third kappa shape index (κ3) is 4.06. The van der Waals surface area contributed by atoms with E-state index in [0.29, 0.717) is 6.07 Å². The first-order valence-electron chi connectivity index (χ1n) is 6.35. The number of benzene rings is 2. The van der Waals surface area contributed by atoms with Crippen LogP contribution < -0.4 is 10.6 Å². The van der Waals surface area contributed by atoms with Crippen molar-refractivity contribution < 1.29 is 27.2 Å². The van der Waals surface area contributed by atoms with E-state index in [1.807, 2.05) is 5.32 Å². The third-order valence-electron chi connectivity index (χ3n) is 2.80. The molecule has 120 valence electrons. The Morgan fingerprint density at radius 3 is 2.39 bits per heavy atom. The van der Waals surface area contributed by atoms with Crippen LogP contribution in [0, 0.1) is 23.3 Å². The van der Waals surface area contributed by atoms with E-state index in [1.165, 1.54) is 18.2 Å². The Labute approximate surface area is 128 Å². The lowest BCUT2D eigenvalue weighted by atomic mass is 10.2. The van der Waals surface area contributed by atoms with Gasteiger partial charge in [-0.3, -0.25) is 9.59 Å². The minimum atomic E-state index is -1.78. The van der Waals surface area contributed by atoms with Crippen LogP contribution in [-0.4, -0.2) is 18.4 Å². The van der Waals surface area contributed by atoms with Crippen molar-refractivity contribution in [2.75, 3.05) is 11.9 Å². The normalized spacial score (nSPS) is 10.3. The van der Waals surface area contributed by atoms with E-state index in [0.717, 1.165) is 12.1 Å². The van der Waals surface area contributed by atoms with Gasteiger partial charge in [-0.1, -0.05) is 6.07 Å². The molecule has 0 heterocycles. The van der Waals surface area contributed by atoms with Crippen molar-refractivity contribution in [3.05, 3.63) is 65.2 Å². The lowest BCUT2D eigenvalue weighted by Crippen LogP contribution is -2.33. The maximum Gasteiger partial charge on any atom is 0.254 e. The van der Waals surface area contributed by atoms with Gasteiger partial charge in [-0.2, -0.15) is 0 Å². The number of nitrogens with one attached hydrogen (secondary N) is 2. The van der Waals surface area contributed by atoms with Crippen molar-refractivity contribution in [1.29, 1.82) is 0 Å². The summed E-state index contributed by atoms with van der Waals surface area (Å²) in [6.07, 6.45) is 0. The Morgan fingerprint density at radius 2 is 1.70 bits per heavy atom. The van der Waals surface area contributed by atoms with E-state index in [4.69, 9.17) is 0 Å². The predicted octanol–water partition coefficient (Wildman–Crippen LogP) is 2.61. The molecule has 0 aliphatic heterocycles. The lowest BCUT2D eigenvalue weighted by Gasteiger charge is -2.08. The standard InChI is InChI=1S/C15H10F4N2O2/c16-8-2-1-3-9(6-8)21-12(22)7-20-15(23)10-4-5-11(17)14(19)13(10)18/h1-6H,7H2,(H,20,23)(H,21,22). The summed E-state index contributed by atoms with van der Waals surface area (Å²) in [5.74, 6) is -7.20. The van der Waals surface area contributed by atoms with Gasteiger partial charge in [0.15, 0.2) is 17.5 Å². The second-order valence-electron chi connectivity index (χ2n) is 4.46. The molecule has 4 nitrogen and oxygen atoms in total. The molecule has 8 heteroatoms. The van der Waals surface area contributed by atoms with Gasteiger partial charge in [0.25, 0.3) is 5.91 Å². The van der Waals surface area contributed by atoms with Crippen LogP contribution in [0.3, 0.4) is 0 Å². The molecule has 2 rings (SSSR count). The monoisotopic (exact) mass is 326 g/mol. The number of carbonyl (C=O) groups is 2. The molecule has 23 heavy (non-hydrogen) atoms. The highest BCUT2D eigenvalue weighted by Crippen LogP contribution is 2.15.